The summed E-state index contributed by atoms with van der Waals surface area (Å²) in [5, 5.41) is 12.1. The van der Waals surface area contributed by atoms with Gasteiger partial charge in [-0.3, -0.25) is 9.59 Å². The average molecular weight is 289 g/mol. The fraction of sp³-hybridized carbons (Fsp3) is 0.375. The summed E-state index contributed by atoms with van der Waals surface area (Å²) in [7, 11) is 0. The molecular formula is C16H16FNO3. The minimum Gasteiger partial charge on any atom is -0.481 e. The summed E-state index contributed by atoms with van der Waals surface area (Å²) in [6.45, 7) is 0.281. The fourth-order valence-electron chi connectivity index (χ4n) is 3.43. The number of allylic oxidation sites excluding steroid dienone is 2. The van der Waals surface area contributed by atoms with Crippen LogP contribution in [0.2, 0.25) is 0 Å². The van der Waals surface area contributed by atoms with E-state index in [0.29, 0.717) is 0 Å². The Labute approximate surface area is 121 Å². The van der Waals surface area contributed by atoms with Crippen LogP contribution in [-0.4, -0.2) is 17.0 Å². The third-order valence-corrected chi connectivity index (χ3v) is 4.43. The summed E-state index contributed by atoms with van der Waals surface area (Å²) in [5.41, 5.74) is 0.787. The van der Waals surface area contributed by atoms with Crippen LogP contribution in [0.25, 0.3) is 0 Å². The van der Waals surface area contributed by atoms with Gasteiger partial charge in [-0.15, -0.1) is 0 Å². The Hall–Kier alpha value is -2.17. The van der Waals surface area contributed by atoms with Crippen LogP contribution in [0, 0.1) is 29.5 Å². The fourth-order valence-corrected chi connectivity index (χ4v) is 3.43. The zero-order valence-corrected chi connectivity index (χ0v) is 11.3. The van der Waals surface area contributed by atoms with E-state index < -0.39 is 17.8 Å². The van der Waals surface area contributed by atoms with Crippen molar-refractivity contribution < 1.29 is 19.1 Å². The molecule has 1 aromatic rings. The van der Waals surface area contributed by atoms with Gasteiger partial charge in [0.15, 0.2) is 0 Å². The van der Waals surface area contributed by atoms with Gasteiger partial charge >= 0.3 is 5.97 Å². The number of nitrogens with one attached hydrogen (secondary N) is 1. The van der Waals surface area contributed by atoms with Crippen LogP contribution in [-0.2, 0) is 16.1 Å². The number of hydrogen-bond donors (Lipinski definition) is 2. The first-order valence-electron chi connectivity index (χ1n) is 6.99. The highest BCUT2D eigenvalue weighted by molar-refractivity contribution is 5.86. The lowest BCUT2D eigenvalue weighted by Crippen LogP contribution is -2.39. The van der Waals surface area contributed by atoms with Gasteiger partial charge in [-0.1, -0.05) is 24.3 Å². The van der Waals surface area contributed by atoms with E-state index in [4.69, 9.17) is 0 Å². The van der Waals surface area contributed by atoms with Crippen molar-refractivity contribution >= 4 is 11.9 Å². The molecule has 2 bridgehead atoms. The highest BCUT2D eigenvalue weighted by Crippen LogP contribution is 2.48. The molecule has 0 aromatic heterocycles. The van der Waals surface area contributed by atoms with Crippen molar-refractivity contribution in [2.24, 2.45) is 23.7 Å². The minimum atomic E-state index is -0.909. The van der Waals surface area contributed by atoms with Crippen LogP contribution >= 0.6 is 0 Å². The van der Waals surface area contributed by atoms with Gasteiger partial charge in [-0.2, -0.15) is 0 Å². The molecule has 0 spiro atoms. The van der Waals surface area contributed by atoms with Gasteiger partial charge in [0.2, 0.25) is 5.91 Å². The third-order valence-electron chi connectivity index (χ3n) is 4.43. The number of amides is 1. The maximum Gasteiger partial charge on any atom is 0.307 e. The molecular weight excluding hydrogens is 273 g/mol. The van der Waals surface area contributed by atoms with E-state index in [1.54, 1.807) is 12.1 Å². The summed E-state index contributed by atoms with van der Waals surface area (Å²) in [6, 6.07) is 5.87. The van der Waals surface area contributed by atoms with E-state index >= 15 is 0 Å². The SMILES string of the molecule is O=C(O)[C@H]1[C@H](C(=O)NCc2ccc(F)cc2)[C@H]2C=C[C@H]1C2. The predicted molar refractivity (Wildman–Crippen MR) is 73.6 cm³/mol. The zero-order valence-electron chi connectivity index (χ0n) is 11.3. The largest absolute Gasteiger partial charge is 0.481 e. The molecule has 110 valence electrons. The second kappa shape index (κ2) is 5.31. The lowest BCUT2D eigenvalue weighted by Gasteiger charge is -2.23. The lowest BCUT2D eigenvalue weighted by atomic mass is 9.82. The minimum absolute atomic E-state index is 0.0179. The Balaban J connectivity index is 1.66. The Bertz CT molecular complexity index is 596. The highest BCUT2D eigenvalue weighted by atomic mass is 19.1. The van der Waals surface area contributed by atoms with Crippen molar-refractivity contribution in [2.75, 3.05) is 0 Å². The average Bonchev–Trinajstić information content (AvgIpc) is 3.06. The van der Waals surface area contributed by atoms with Crippen LogP contribution in [0.3, 0.4) is 0 Å². The van der Waals surface area contributed by atoms with Gasteiger partial charge in [0, 0.05) is 6.54 Å². The number of halogens is 1. The summed E-state index contributed by atoms with van der Waals surface area (Å²) in [6.07, 6.45) is 4.60. The van der Waals surface area contributed by atoms with E-state index in [-0.39, 0.29) is 30.1 Å². The molecule has 1 saturated carbocycles. The molecule has 4 nitrogen and oxygen atoms in total. The van der Waals surface area contributed by atoms with Gasteiger partial charge in [0.1, 0.15) is 5.82 Å². The normalized spacial score (nSPS) is 29.6. The second-order valence-electron chi connectivity index (χ2n) is 5.68. The number of aliphatic carboxylic acids is 1. The zero-order chi connectivity index (χ0) is 15.0. The van der Waals surface area contributed by atoms with Crippen LogP contribution in [0.4, 0.5) is 4.39 Å². The number of fused-ring (bicyclic) bond motifs is 2. The van der Waals surface area contributed by atoms with E-state index in [0.717, 1.165) is 12.0 Å². The van der Waals surface area contributed by atoms with Crippen molar-refractivity contribution in [1.82, 2.24) is 5.32 Å². The van der Waals surface area contributed by atoms with Crippen LogP contribution in [0.5, 0.6) is 0 Å². The molecule has 2 aliphatic rings. The van der Waals surface area contributed by atoms with Crippen LogP contribution < -0.4 is 5.32 Å². The summed E-state index contributed by atoms with van der Waals surface area (Å²) in [4.78, 5) is 23.7. The molecule has 5 heteroatoms. The quantitative estimate of drug-likeness (QED) is 0.833. The van der Waals surface area contributed by atoms with Gasteiger partial charge in [0.25, 0.3) is 0 Å². The van der Waals surface area contributed by atoms with Crippen LogP contribution in [0.1, 0.15) is 12.0 Å². The Morgan fingerprint density at radius 1 is 1.14 bits per heavy atom. The molecule has 4 atom stereocenters. The molecule has 0 heterocycles. The first-order chi connectivity index (χ1) is 10.1. The van der Waals surface area contributed by atoms with E-state index in [9.17, 15) is 19.1 Å². The summed E-state index contributed by atoms with van der Waals surface area (Å²) >= 11 is 0. The Kier molecular flexibility index (Phi) is 3.49. The standard InChI is InChI=1S/C16H16FNO3/c17-12-5-1-9(2-6-12)8-18-15(19)13-10-3-4-11(7-10)14(13)16(20)21/h1-6,10-11,13-14H,7-8H2,(H,18,19)(H,20,21)/t10-,11-,13+,14+/m0/s1. The van der Waals surface area contributed by atoms with E-state index in [2.05, 4.69) is 5.32 Å². The molecule has 0 radical (unpaired) electrons. The molecule has 0 unspecified atom stereocenters. The maximum atomic E-state index is 12.8. The first-order valence-corrected chi connectivity index (χ1v) is 6.99. The third kappa shape index (κ3) is 2.55. The molecule has 0 aliphatic heterocycles. The van der Waals surface area contributed by atoms with Gasteiger partial charge in [-0.05, 0) is 36.0 Å². The number of carbonyl (C=O) groups excluding carboxylic acids is 1. The van der Waals surface area contributed by atoms with Crippen molar-refractivity contribution in [3.8, 4) is 0 Å². The van der Waals surface area contributed by atoms with E-state index in [1.807, 2.05) is 12.2 Å². The molecule has 1 fully saturated rings. The van der Waals surface area contributed by atoms with Gasteiger partial charge in [0.05, 0.1) is 11.8 Å². The monoisotopic (exact) mass is 289 g/mol. The molecule has 21 heavy (non-hydrogen) atoms. The van der Waals surface area contributed by atoms with Crippen molar-refractivity contribution in [1.29, 1.82) is 0 Å². The molecule has 2 N–H and O–H groups in total. The number of carboxylic acid groups (broad SMARTS) is 1. The van der Waals surface area contributed by atoms with Crippen LogP contribution in [0.15, 0.2) is 36.4 Å². The lowest BCUT2D eigenvalue weighted by molar-refractivity contribution is -0.147. The van der Waals surface area contributed by atoms with Crippen molar-refractivity contribution in [3.05, 3.63) is 47.8 Å². The first kappa shape index (κ1) is 13.8. The number of benzene rings is 1. The molecule has 0 saturated heterocycles. The van der Waals surface area contributed by atoms with Crippen molar-refractivity contribution in [3.63, 3.8) is 0 Å². The van der Waals surface area contributed by atoms with E-state index in [1.165, 1.54) is 12.1 Å². The highest BCUT2D eigenvalue weighted by Gasteiger charge is 2.51. The Morgan fingerprint density at radius 3 is 2.38 bits per heavy atom. The van der Waals surface area contributed by atoms with Gasteiger partial charge in [-0.25, -0.2) is 4.39 Å². The predicted octanol–water partition coefficient (Wildman–Crippen LogP) is 1.96. The van der Waals surface area contributed by atoms with Crippen molar-refractivity contribution in [2.45, 2.75) is 13.0 Å². The summed E-state index contributed by atoms with van der Waals surface area (Å²) in [5.74, 6) is -2.61. The second-order valence-corrected chi connectivity index (χ2v) is 5.68. The smallest absolute Gasteiger partial charge is 0.307 e. The Morgan fingerprint density at radius 2 is 1.76 bits per heavy atom. The van der Waals surface area contributed by atoms with Gasteiger partial charge < -0.3 is 10.4 Å². The number of carboxylic acids is 1. The number of hydrogen-bond acceptors (Lipinski definition) is 2. The maximum absolute atomic E-state index is 12.8. The molecule has 3 rings (SSSR count). The summed E-state index contributed by atoms with van der Waals surface area (Å²) < 4.78 is 12.8. The molecule has 1 amide bonds. The number of rotatable bonds is 4. The topological polar surface area (TPSA) is 66.4 Å². The number of carbonyl (C=O) groups is 2. The molecule has 2 aliphatic carbocycles. The molecule has 1 aromatic carbocycles.